The fourth-order valence-corrected chi connectivity index (χ4v) is 4.76. The second kappa shape index (κ2) is 8.62. The van der Waals surface area contributed by atoms with Gasteiger partial charge in [-0.05, 0) is 61.4 Å². The number of anilines is 1. The summed E-state index contributed by atoms with van der Waals surface area (Å²) in [6.07, 6.45) is 1.49. The number of hydrogen-bond donors (Lipinski definition) is 1. The predicted molar refractivity (Wildman–Crippen MR) is 121 cm³/mol. The van der Waals surface area contributed by atoms with E-state index in [0.717, 1.165) is 41.8 Å². The summed E-state index contributed by atoms with van der Waals surface area (Å²) in [7, 11) is -3.78. The first-order valence-electron chi connectivity index (χ1n) is 10.1. The first kappa shape index (κ1) is 20.6. The Bertz CT molecular complexity index is 1380. The van der Waals surface area contributed by atoms with Gasteiger partial charge in [0.15, 0.2) is 0 Å². The van der Waals surface area contributed by atoms with Crippen molar-refractivity contribution in [3.63, 3.8) is 0 Å². The third kappa shape index (κ3) is 4.44. The van der Waals surface area contributed by atoms with Crippen LogP contribution in [0.25, 0.3) is 11.0 Å². The number of rotatable bonds is 7. The molecule has 1 N–H and O–H groups in total. The first-order chi connectivity index (χ1) is 15.0. The molecule has 6 nitrogen and oxygen atoms in total. The number of sulfonamides is 1. The van der Waals surface area contributed by atoms with Gasteiger partial charge in [0.1, 0.15) is 5.82 Å². The summed E-state index contributed by atoms with van der Waals surface area (Å²) in [5.41, 5.74) is 3.92. The van der Waals surface area contributed by atoms with Gasteiger partial charge in [0, 0.05) is 18.7 Å². The molecule has 0 atom stereocenters. The minimum absolute atomic E-state index is 0.0635. The maximum absolute atomic E-state index is 12.7. The lowest BCUT2D eigenvalue weighted by atomic mass is 10.1. The highest BCUT2D eigenvalue weighted by molar-refractivity contribution is 7.92. The number of nitrogens with zero attached hydrogens (tertiary/aromatic N) is 3. The molecule has 3 aromatic carbocycles. The normalized spacial score (nSPS) is 11.4. The van der Waals surface area contributed by atoms with E-state index in [1.807, 2.05) is 42.5 Å². The maximum atomic E-state index is 12.7. The molecule has 0 aliphatic carbocycles. The zero-order chi connectivity index (χ0) is 21.8. The molecule has 31 heavy (non-hydrogen) atoms. The highest BCUT2D eigenvalue weighted by Gasteiger charge is 2.15. The highest BCUT2D eigenvalue weighted by Crippen LogP contribution is 2.21. The maximum Gasteiger partial charge on any atom is 0.261 e. The quantitative estimate of drug-likeness (QED) is 0.467. The van der Waals surface area contributed by atoms with Gasteiger partial charge < -0.3 is 4.57 Å². The second-order valence-corrected chi connectivity index (χ2v) is 8.89. The van der Waals surface area contributed by atoms with Crippen molar-refractivity contribution in [2.45, 2.75) is 31.2 Å². The molecular formula is C24H22N4O2S. The van der Waals surface area contributed by atoms with Crippen molar-refractivity contribution in [2.24, 2.45) is 0 Å². The van der Waals surface area contributed by atoms with Crippen LogP contribution in [0.1, 0.15) is 23.9 Å². The van der Waals surface area contributed by atoms with Gasteiger partial charge in [-0.25, -0.2) is 13.4 Å². The molecule has 7 heteroatoms. The van der Waals surface area contributed by atoms with Crippen LogP contribution in [0.4, 0.5) is 5.69 Å². The van der Waals surface area contributed by atoms with E-state index in [1.54, 1.807) is 18.2 Å². The summed E-state index contributed by atoms with van der Waals surface area (Å²) in [6, 6.07) is 23.4. The van der Waals surface area contributed by atoms with Crippen LogP contribution >= 0.6 is 0 Å². The summed E-state index contributed by atoms with van der Waals surface area (Å²) < 4.78 is 30.2. The van der Waals surface area contributed by atoms with E-state index in [2.05, 4.69) is 22.3 Å². The van der Waals surface area contributed by atoms with Crippen molar-refractivity contribution in [3.8, 4) is 6.07 Å². The van der Waals surface area contributed by atoms with Crippen LogP contribution in [0.5, 0.6) is 0 Å². The van der Waals surface area contributed by atoms with Gasteiger partial charge >= 0.3 is 0 Å². The average Bonchev–Trinajstić information content (AvgIpc) is 3.15. The fraction of sp³-hybridized carbons (Fsp3) is 0.167. The largest absolute Gasteiger partial charge is 0.328 e. The lowest BCUT2D eigenvalue weighted by Gasteiger charge is -2.10. The third-order valence-electron chi connectivity index (χ3n) is 5.14. The molecule has 0 radical (unpaired) electrons. The van der Waals surface area contributed by atoms with Crippen molar-refractivity contribution in [1.82, 2.24) is 9.55 Å². The standard InChI is InChI=1S/C24H22N4O2S/c1-2-28-23-12-4-3-11-22(23)26-24(28)14-13-18-7-5-9-20(15-18)27-31(29,30)21-10-6-8-19(16-21)17-25/h3-12,15-16,27H,2,13-14H2,1H3. The van der Waals surface area contributed by atoms with E-state index in [1.165, 1.54) is 12.1 Å². The summed E-state index contributed by atoms with van der Waals surface area (Å²) >= 11 is 0. The molecule has 0 saturated carbocycles. The Labute approximate surface area is 181 Å². The van der Waals surface area contributed by atoms with Crippen molar-refractivity contribution < 1.29 is 8.42 Å². The molecule has 156 valence electrons. The average molecular weight is 431 g/mol. The number of benzene rings is 3. The number of hydrogen-bond acceptors (Lipinski definition) is 4. The van der Waals surface area contributed by atoms with Crippen LogP contribution in [0.3, 0.4) is 0 Å². The van der Waals surface area contributed by atoms with E-state index in [9.17, 15) is 8.42 Å². The molecule has 0 bridgehead atoms. The van der Waals surface area contributed by atoms with E-state index in [4.69, 9.17) is 10.2 Å². The van der Waals surface area contributed by atoms with Gasteiger partial charge in [-0.3, -0.25) is 4.72 Å². The first-order valence-corrected chi connectivity index (χ1v) is 11.5. The predicted octanol–water partition coefficient (Wildman–Crippen LogP) is 4.51. The third-order valence-corrected chi connectivity index (χ3v) is 6.52. The Morgan fingerprint density at radius 2 is 1.81 bits per heavy atom. The SMILES string of the molecule is CCn1c(CCc2cccc(NS(=O)(=O)c3cccc(C#N)c3)c2)nc2ccccc21. The number of fused-ring (bicyclic) bond motifs is 1. The fourth-order valence-electron chi connectivity index (χ4n) is 3.66. The van der Waals surface area contributed by atoms with E-state index < -0.39 is 10.0 Å². The second-order valence-electron chi connectivity index (χ2n) is 7.21. The summed E-state index contributed by atoms with van der Waals surface area (Å²) in [5.74, 6) is 1.02. The molecule has 1 heterocycles. The summed E-state index contributed by atoms with van der Waals surface area (Å²) in [5, 5.41) is 9.02. The molecule has 1 aromatic heterocycles. The van der Waals surface area contributed by atoms with Crippen LogP contribution < -0.4 is 4.72 Å². The Hall–Kier alpha value is -3.63. The van der Waals surface area contributed by atoms with E-state index >= 15 is 0 Å². The van der Waals surface area contributed by atoms with Crippen molar-refractivity contribution in [2.75, 3.05) is 4.72 Å². The molecular weight excluding hydrogens is 408 g/mol. The zero-order valence-electron chi connectivity index (χ0n) is 17.1. The van der Waals surface area contributed by atoms with Gasteiger partial charge in [0.25, 0.3) is 10.0 Å². The lowest BCUT2D eigenvalue weighted by Crippen LogP contribution is -2.13. The topological polar surface area (TPSA) is 87.8 Å². The Morgan fingerprint density at radius 3 is 2.61 bits per heavy atom. The zero-order valence-corrected chi connectivity index (χ0v) is 17.9. The number of aromatic nitrogens is 2. The minimum Gasteiger partial charge on any atom is -0.328 e. The number of imidazole rings is 1. The molecule has 0 aliphatic rings. The molecule has 0 unspecified atom stereocenters. The number of nitrogens with one attached hydrogen (secondary N) is 1. The summed E-state index contributed by atoms with van der Waals surface area (Å²) in [4.78, 5) is 4.83. The van der Waals surface area contributed by atoms with E-state index in [0.29, 0.717) is 11.3 Å². The Kier molecular flexibility index (Phi) is 5.74. The smallest absolute Gasteiger partial charge is 0.261 e. The van der Waals surface area contributed by atoms with E-state index in [-0.39, 0.29) is 4.90 Å². The van der Waals surface area contributed by atoms with Gasteiger partial charge in [0.2, 0.25) is 0 Å². The Balaban J connectivity index is 1.52. The monoisotopic (exact) mass is 430 g/mol. The molecule has 0 spiro atoms. The minimum atomic E-state index is -3.78. The summed E-state index contributed by atoms with van der Waals surface area (Å²) in [6.45, 7) is 2.95. The van der Waals surface area contributed by atoms with Crippen LogP contribution in [0.2, 0.25) is 0 Å². The van der Waals surface area contributed by atoms with Gasteiger partial charge in [0.05, 0.1) is 27.6 Å². The Morgan fingerprint density at radius 1 is 1.00 bits per heavy atom. The molecule has 0 fully saturated rings. The molecule has 0 aliphatic heterocycles. The molecule has 4 aromatic rings. The van der Waals surface area contributed by atoms with Crippen molar-refractivity contribution in [3.05, 3.63) is 89.7 Å². The van der Waals surface area contributed by atoms with Crippen LogP contribution in [-0.4, -0.2) is 18.0 Å². The van der Waals surface area contributed by atoms with Gasteiger partial charge in [-0.2, -0.15) is 5.26 Å². The molecule has 0 amide bonds. The van der Waals surface area contributed by atoms with Crippen molar-refractivity contribution >= 4 is 26.7 Å². The number of aryl methyl sites for hydroxylation is 3. The highest BCUT2D eigenvalue weighted by atomic mass is 32.2. The lowest BCUT2D eigenvalue weighted by molar-refractivity contribution is 0.601. The number of nitriles is 1. The van der Waals surface area contributed by atoms with Crippen LogP contribution in [0.15, 0.2) is 77.7 Å². The van der Waals surface area contributed by atoms with Crippen LogP contribution in [0, 0.1) is 11.3 Å². The van der Waals surface area contributed by atoms with Crippen LogP contribution in [-0.2, 0) is 29.4 Å². The van der Waals surface area contributed by atoms with Crippen molar-refractivity contribution in [1.29, 1.82) is 5.26 Å². The molecule has 0 saturated heterocycles. The molecule has 4 rings (SSSR count). The van der Waals surface area contributed by atoms with Gasteiger partial charge in [-0.1, -0.05) is 30.3 Å². The number of para-hydroxylation sites is 2. The van der Waals surface area contributed by atoms with Gasteiger partial charge in [-0.15, -0.1) is 0 Å².